The first-order chi connectivity index (χ1) is 10.2. The second kappa shape index (κ2) is 8.29. The minimum absolute atomic E-state index is 0.0171. The van der Waals surface area contributed by atoms with Crippen molar-refractivity contribution in [3.63, 3.8) is 0 Å². The molecule has 2 unspecified atom stereocenters. The number of carbonyl (C=O) groups excluding carboxylic acids is 1. The third-order valence-corrected chi connectivity index (χ3v) is 4.04. The van der Waals surface area contributed by atoms with Crippen LogP contribution in [0.3, 0.4) is 0 Å². The highest BCUT2D eigenvalue weighted by Gasteiger charge is 2.34. The van der Waals surface area contributed by atoms with Crippen molar-refractivity contribution in [2.24, 2.45) is 11.7 Å². The van der Waals surface area contributed by atoms with Crippen molar-refractivity contribution in [3.05, 3.63) is 0 Å². The summed E-state index contributed by atoms with van der Waals surface area (Å²) in [6.07, 6.45) is 0.345. The van der Waals surface area contributed by atoms with Gasteiger partial charge in [0.15, 0.2) is 0 Å². The molecule has 7 nitrogen and oxygen atoms in total. The van der Waals surface area contributed by atoms with Crippen LogP contribution in [0.1, 0.15) is 6.42 Å². The normalized spacial score (nSPS) is 26.5. The minimum atomic E-state index is -0.270. The van der Waals surface area contributed by atoms with Gasteiger partial charge in [0.05, 0.1) is 44.8 Å². The number of carbonyl (C=O) groups is 1. The Morgan fingerprint density at radius 1 is 1.29 bits per heavy atom. The van der Waals surface area contributed by atoms with Crippen LogP contribution in [0.5, 0.6) is 0 Å². The zero-order chi connectivity index (χ0) is 15.1. The molecular formula is C14H24N4O3. The van der Waals surface area contributed by atoms with E-state index in [0.717, 1.165) is 32.8 Å². The fourth-order valence-corrected chi connectivity index (χ4v) is 2.66. The molecule has 0 aliphatic carbocycles. The van der Waals surface area contributed by atoms with Crippen LogP contribution < -0.4 is 5.73 Å². The highest BCUT2D eigenvalue weighted by Crippen LogP contribution is 2.15. The van der Waals surface area contributed by atoms with Gasteiger partial charge in [0, 0.05) is 38.8 Å². The summed E-state index contributed by atoms with van der Waals surface area (Å²) in [7, 11) is 0. The largest absolute Gasteiger partial charge is 0.379 e. The fraction of sp³-hybridized carbons (Fsp3) is 0.857. The molecule has 2 aliphatic heterocycles. The van der Waals surface area contributed by atoms with Gasteiger partial charge in [-0.2, -0.15) is 5.26 Å². The number of nitrogens with zero attached hydrogens (tertiary/aromatic N) is 3. The average Bonchev–Trinajstić information content (AvgIpc) is 2.94. The first-order valence-electron chi connectivity index (χ1n) is 7.51. The predicted octanol–water partition coefficient (Wildman–Crippen LogP) is -0.965. The number of morpholine rings is 1. The van der Waals surface area contributed by atoms with Crippen LogP contribution in [0.25, 0.3) is 0 Å². The van der Waals surface area contributed by atoms with Crippen LogP contribution in [0, 0.1) is 17.2 Å². The number of rotatable bonds is 6. The van der Waals surface area contributed by atoms with Crippen LogP contribution in [0.15, 0.2) is 0 Å². The molecule has 7 heteroatoms. The standard InChI is InChI=1S/C14H24N4O3/c15-2-1-3-18(5-4-17-6-8-20-9-7-17)14(19)12-10-21-11-13(12)16/h12-13H,1,3-11,16H2. The van der Waals surface area contributed by atoms with E-state index in [0.29, 0.717) is 32.7 Å². The van der Waals surface area contributed by atoms with E-state index in [1.165, 1.54) is 0 Å². The number of ether oxygens (including phenoxy) is 2. The van der Waals surface area contributed by atoms with Crippen molar-refractivity contribution >= 4 is 5.91 Å². The first kappa shape index (κ1) is 16.2. The molecule has 2 heterocycles. The molecule has 2 fully saturated rings. The smallest absolute Gasteiger partial charge is 0.229 e. The zero-order valence-electron chi connectivity index (χ0n) is 12.4. The van der Waals surface area contributed by atoms with Crippen molar-refractivity contribution in [2.75, 3.05) is 59.2 Å². The van der Waals surface area contributed by atoms with E-state index in [9.17, 15) is 4.79 Å². The molecule has 2 saturated heterocycles. The molecule has 0 saturated carbocycles. The van der Waals surface area contributed by atoms with Gasteiger partial charge in [0.2, 0.25) is 5.91 Å². The summed E-state index contributed by atoms with van der Waals surface area (Å²) in [6.45, 7) is 6.00. The Kier molecular flexibility index (Phi) is 6.39. The molecule has 2 aliphatic rings. The lowest BCUT2D eigenvalue weighted by atomic mass is 10.0. The molecule has 0 aromatic rings. The molecule has 0 bridgehead atoms. The minimum Gasteiger partial charge on any atom is -0.379 e. The maximum absolute atomic E-state index is 12.5. The van der Waals surface area contributed by atoms with E-state index in [4.69, 9.17) is 20.5 Å². The van der Waals surface area contributed by atoms with Crippen LogP contribution in [-0.2, 0) is 14.3 Å². The van der Waals surface area contributed by atoms with E-state index < -0.39 is 0 Å². The van der Waals surface area contributed by atoms with Gasteiger partial charge in [-0.25, -0.2) is 0 Å². The van der Waals surface area contributed by atoms with Gasteiger partial charge in [-0.3, -0.25) is 9.69 Å². The molecule has 1 amide bonds. The fourth-order valence-electron chi connectivity index (χ4n) is 2.66. The van der Waals surface area contributed by atoms with E-state index in [1.807, 2.05) is 0 Å². The third kappa shape index (κ3) is 4.64. The van der Waals surface area contributed by atoms with Gasteiger partial charge in [0.1, 0.15) is 0 Å². The molecule has 2 atom stereocenters. The number of nitriles is 1. The monoisotopic (exact) mass is 296 g/mol. The van der Waals surface area contributed by atoms with Crippen LogP contribution >= 0.6 is 0 Å². The molecule has 21 heavy (non-hydrogen) atoms. The molecule has 0 radical (unpaired) electrons. The maximum atomic E-state index is 12.5. The summed E-state index contributed by atoms with van der Waals surface area (Å²) >= 11 is 0. The number of hydrogen-bond acceptors (Lipinski definition) is 6. The Hall–Kier alpha value is -1.20. The van der Waals surface area contributed by atoms with Crippen LogP contribution in [-0.4, -0.2) is 80.9 Å². The maximum Gasteiger partial charge on any atom is 0.229 e. The summed E-state index contributed by atoms with van der Waals surface area (Å²) in [4.78, 5) is 16.6. The van der Waals surface area contributed by atoms with Gasteiger partial charge in [-0.15, -0.1) is 0 Å². The summed E-state index contributed by atoms with van der Waals surface area (Å²) in [5.74, 6) is -0.253. The van der Waals surface area contributed by atoms with Crippen LogP contribution in [0.4, 0.5) is 0 Å². The van der Waals surface area contributed by atoms with Crippen molar-refractivity contribution in [1.29, 1.82) is 5.26 Å². The van der Waals surface area contributed by atoms with E-state index in [2.05, 4.69) is 11.0 Å². The van der Waals surface area contributed by atoms with Gasteiger partial charge in [0.25, 0.3) is 0 Å². The van der Waals surface area contributed by atoms with Gasteiger partial charge in [-0.05, 0) is 0 Å². The van der Waals surface area contributed by atoms with Crippen molar-refractivity contribution in [3.8, 4) is 6.07 Å². The van der Waals surface area contributed by atoms with Crippen LogP contribution in [0.2, 0.25) is 0 Å². The Labute approximate surface area is 125 Å². The number of nitrogens with two attached hydrogens (primary N) is 1. The molecular weight excluding hydrogens is 272 g/mol. The van der Waals surface area contributed by atoms with Crippen molar-refractivity contribution < 1.29 is 14.3 Å². The highest BCUT2D eigenvalue weighted by molar-refractivity contribution is 5.80. The molecule has 2 rings (SSSR count). The van der Waals surface area contributed by atoms with Crippen molar-refractivity contribution in [2.45, 2.75) is 12.5 Å². The third-order valence-electron chi connectivity index (χ3n) is 4.04. The lowest BCUT2D eigenvalue weighted by molar-refractivity contribution is -0.136. The summed E-state index contributed by atoms with van der Waals surface area (Å²) in [5, 5.41) is 8.77. The average molecular weight is 296 g/mol. The van der Waals surface area contributed by atoms with Gasteiger partial charge in [-0.1, -0.05) is 0 Å². The Morgan fingerprint density at radius 2 is 2.05 bits per heavy atom. The molecule has 118 valence electrons. The SMILES string of the molecule is N#CCCN(CCN1CCOCC1)C(=O)C1COCC1N. The second-order valence-corrected chi connectivity index (χ2v) is 5.50. The summed E-state index contributed by atoms with van der Waals surface area (Å²) in [5.41, 5.74) is 5.92. The zero-order valence-corrected chi connectivity index (χ0v) is 12.4. The van der Waals surface area contributed by atoms with E-state index in [1.54, 1.807) is 4.90 Å². The molecule has 0 aromatic heterocycles. The lowest BCUT2D eigenvalue weighted by Gasteiger charge is -2.31. The second-order valence-electron chi connectivity index (χ2n) is 5.50. The number of amides is 1. The number of hydrogen-bond donors (Lipinski definition) is 1. The highest BCUT2D eigenvalue weighted by atomic mass is 16.5. The first-order valence-corrected chi connectivity index (χ1v) is 7.51. The predicted molar refractivity (Wildman–Crippen MR) is 76.4 cm³/mol. The topological polar surface area (TPSA) is 91.8 Å². The van der Waals surface area contributed by atoms with Crippen molar-refractivity contribution in [1.82, 2.24) is 9.80 Å². The molecule has 2 N–H and O–H groups in total. The Balaban J connectivity index is 1.86. The van der Waals surface area contributed by atoms with Gasteiger partial charge < -0.3 is 20.1 Å². The Bertz CT molecular complexity index is 379. The summed E-state index contributed by atoms with van der Waals surface area (Å²) < 4.78 is 10.6. The summed E-state index contributed by atoms with van der Waals surface area (Å²) in [6, 6.07) is 1.87. The van der Waals surface area contributed by atoms with E-state index in [-0.39, 0.29) is 17.9 Å². The van der Waals surface area contributed by atoms with E-state index >= 15 is 0 Å². The molecule has 0 spiro atoms. The quantitative estimate of drug-likeness (QED) is 0.678. The Morgan fingerprint density at radius 3 is 2.67 bits per heavy atom. The van der Waals surface area contributed by atoms with Gasteiger partial charge >= 0.3 is 0 Å². The molecule has 0 aromatic carbocycles. The lowest BCUT2D eigenvalue weighted by Crippen LogP contribution is -2.47.